The van der Waals surface area contributed by atoms with Crippen molar-refractivity contribution >= 4 is 24.2 Å². The van der Waals surface area contributed by atoms with Gasteiger partial charge in [-0.15, -0.1) is 12.6 Å². The number of unbranched alkanes of at least 4 members (excludes halogenated alkanes) is 1. The van der Waals surface area contributed by atoms with E-state index >= 15 is 0 Å². The first kappa shape index (κ1) is 15.6. The summed E-state index contributed by atoms with van der Waals surface area (Å²) in [5, 5.41) is 0. The third-order valence-electron chi connectivity index (χ3n) is 3.23. The van der Waals surface area contributed by atoms with E-state index in [-0.39, 0.29) is 11.5 Å². The Balaban J connectivity index is 2.36. The first-order chi connectivity index (χ1) is 10.1. The zero-order valence-electron chi connectivity index (χ0n) is 11.9. The summed E-state index contributed by atoms with van der Waals surface area (Å²) < 4.78 is 13.9. The second kappa shape index (κ2) is 7.27. The molecule has 0 spiro atoms. The molecule has 0 aromatic heterocycles. The van der Waals surface area contributed by atoms with Crippen LogP contribution in [-0.4, -0.2) is 12.5 Å². The minimum Gasteiger partial charge on any atom is -0.308 e. The lowest BCUT2D eigenvalue weighted by Crippen LogP contribution is -2.32. The van der Waals surface area contributed by atoms with E-state index in [1.807, 2.05) is 30.3 Å². The van der Waals surface area contributed by atoms with E-state index in [0.29, 0.717) is 11.4 Å². The minimum atomic E-state index is -0.518. The summed E-state index contributed by atoms with van der Waals surface area (Å²) in [5.41, 5.74) is 0.836. The van der Waals surface area contributed by atoms with Crippen molar-refractivity contribution in [3.05, 3.63) is 59.9 Å². The molecule has 0 heterocycles. The Morgan fingerprint density at radius 1 is 1.19 bits per heavy atom. The third-order valence-corrected chi connectivity index (χ3v) is 3.51. The van der Waals surface area contributed by atoms with Crippen LogP contribution in [-0.2, 0) is 0 Å². The average molecular weight is 303 g/mol. The van der Waals surface area contributed by atoms with Crippen molar-refractivity contribution in [2.45, 2.75) is 24.7 Å². The molecule has 2 nitrogen and oxygen atoms in total. The van der Waals surface area contributed by atoms with Gasteiger partial charge in [-0.3, -0.25) is 4.79 Å². The van der Waals surface area contributed by atoms with Crippen molar-refractivity contribution < 1.29 is 9.18 Å². The molecule has 0 unspecified atom stereocenters. The van der Waals surface area contributed by atoms with Crippen LogP contribution in [0.5, 0.6) is 0 Å². The molecule has 0 saturated heterocycles. The molecule has 2 rings (SSSR count). The topological polar surface area (TPSA) is 20.3 Å². The highest BCUT2D eigenvalue weighted by Crippen LogP contribution is 2.21. The maximum absolute atomic E-state index is 13.9. The SMILES string of the molecule is CCCCN(C(=O)c1cc(S)ccc1F)c1ccccc1. The van der Waals surface area contributed by atoms with Crippen LogP contribution in [0.2, 0.25) is 0 Å². The number of halogens is 1. The highest BCUT2D eigenvalue weighted by molar-refractivity contribution is 7.80. The van der Waals surface area contributed by atoms with Gasteiger partial charge in [-0.1, -0.05) is 31.5 Å². The number of rotatable bonds is 5. The average Bonchev–Trinajstić information content (AvgIpc) is 2.51. The fourth-order valence-corrected chi connectivity index (χ4v) is 2.30. The summed E-state index contributed by atoms with van der Waals surface area (Å²) in [4.78, 5) is 14.9. The Kier molecular flexibility index (Phi) is 5.39. The third kappa shape index (κ3) is 3.85. The fraction of sp³-hybridized carbons (Fsp3) is 0.235. The molecule has 110 valence electrons. The summed E-state index contributed by atoms with van der Waals surface area (Å²) >= 11 is 4.18. The van der Waals surface area contributed by atoms with Gasteiger partial charge < -0.3 is 4.90 Å². The van der Waals surface area contributed by atoms with Crippen LogP contribution in [0.4, 0.5) is 10.1 Å². The Morgan fingerprint density at radius 2 is 1.90 bits per heavy atom. The number of thiol groups is 1. The molecule has 0 aliphatic rings. The van der Waals surface area contributed by atoms with Gasteiger partial charge in [-0.2, -0.15) is 0 Å². The predicted molar refractivity (Wildman–Crippen MR) is 86.7 cm³/mol. The normalized spacial score (nSPS) is 10.4. The first-order valence-corrected chi connectivity index (χ1v) is 7.43. The zero-order valence-corrected chi connectivity index (χ0v) is 12.8. The molecule has 0 aliphatic heterocycles. The van der Waals surface area contributed by atoms with Gasteiger partial charge in [0.05, 0.1) is 5.56 Å². The predicted octanol–water partition coefficient (Wildman–Crippen LogP) is 4.56. The van der Waals surface area contributed by atoms with Crippen LogP contribution in [0, 0.1) is 5.82 Å². The van der Waals surface area contributed by atoms with Crippen molar-refractivity contribution in [1.29, 1.82) is 0 Å². The van der Waals surface area contributed by atoms with Crippen molar-refractivity contribution in [2.75, 3.05) is 11.4 Å². The highest BCUT2D eigenvalue weighted by Gasteiger charge is 2.20. The summed E-state index contributed by atoms with van der Waals surface area (Å²) in [7, 11) is 0. The minimum absolute atomic E-state index is 0.0578. The van der Waals surface area contributed by atoms with Gasteiger partial charge in [0.1, 0.15) is 5.82 Å². The molecule has 2 aromatic carbocycles. The van der Waals surface area contributed by atoms with E-state index < -0.39 is 5.82 Å². The molecule has 21 heavy (non-hydrogen) atoms. The van der Waals surface area contributed by atoms with Gasteiger partial charge in [0, 0.05) is 17.1 Å². The van der Waals surface area contributed by atoms with E-state index in [4.69, 9.17) is 0 Å². The fourth-order valence-electron chi connectivity index (χ4n) is 2.09. The number of benzene rings is 2. The van der Waals surface area contributed by atoms with Gasteiger partial charge >= 0.3 is 0 Å². The Hall–Kier alpha value is -1.81. The van der Waals surface area contributed by atoms with Gasteiger partial charge in [0.2, 0.25) is 0 Å². The summed E-state index contributed by atoms with van der Waals surface area (Å²) in [6, 6.07) is 13.6. The molecule has 4 heteroatoms. The number of para-hydroxylation sites is 1. The second-order valence-electron chi connectivity index (χ2n) is 4.81. The molecule has 2 aromatic rings. The monoisotopic (exact) mass is 303 g/mol. The van der Waals surface area contributed by atoms with Crippen LogP contribution in [0.1, 0.15) is 30.1 Å². The lowest BCUT2D eigenvalue weighted by molar-refractivity contribution is 0.0982. The Morgan fingerprint density at radius 3 is 2.57 bits per heavy atom. The lowest BCUT2D eigenvalue weighted by atomic mass is 10.1. The first-order valence-electron chi connectivity index (χ1n) is 6.99. The summed E-state index contributed by atoms with van der Waals surface area (Å²) in [5.74, 6) is -0.849. The molecule has 0 aliphatic carbocycles. The quantitative estimate of drug-likeness (QED) is 0.803. The Labute approximate surface area is 130 Å². The van der Waals surface area contributed by atoms with E-state index in [0.717, 1.165) is 18.5 Å². The molecule has 0 atom stereocenters. The number of hydrogen-bond acceptors (Lipinski definition) is 2. The van der Waals surface area contributed by atoms with E-state index in [9.17, 15) is 9.18 Å². The largest absolute Gasteiger partial charge is 0.308 e. The van der Waals surface area contributed by atoms with Gasteiger partial charge in [-0.25, -0.2) is 4.39 Å². The molecular formula is C17H18FNOS. The van der Waals surface area contributed by atoms with E-state index in [2.05, 4.69) is 19.6 Å². The van der Waals surface area contributed by atoms with Crippen LogP contribution in [0.15, 0.2) is 53.4 Å². The van der Waals surface area contributed by atoms with Crippen molar-refractivity contribution in [1.82, 2.24) is 0 Å². The zero-order chi connectivity index (χ0) is 15.2. The van der Waals surface area contributed by atoms with Crippen molar-refractivity contribution in [3.8, 4) is 0 Å². The molecule has 1 amide bonds. The summed E-state index contributed by atoms with van der Waals surface area (Å²) in [6.45, 7) is 2.62. The molecule has 0 saturated carbocycles. The van der Waals surface area contributed by atoms with Crippen LogP contribution in [0.3, 0.4) is 0 Å². The van der Waals surface area contributed by atoms with Crippen molar-refractivity contribution in [2.24, 2.45) is 0 Å². The molecular weight excluding hydrogens is 285 g/mol. The number of carbonyl (C=O) groups excluding carboxylic acids is 1. The van der Waals surface area contributed by atoms with Gasteiger partial charge in [-0.05, 0) is 36.8 Å². The number of carbonyl (C=O) groups is 1. The second-order valence-corrected chi connectivity index (χ2v) is 5.33. The Bertz CT molecular complexity index is 615. The van der Waals surface area contributed by atoms with Crippen LogP contribution in [0.25, 0.3) is 0 Å². The highest BCUT2D eigenvalue weighted by atomic mass is 32.1. The number of hydrogen-bond donors (Lipinski definition) is 1. The number of amides is 1. The van der Waals surface area contributed by atoms with E-state index in [1.54, 1.807) is 4.90 Å². The summed E-state index contributed by atoms with van der Waals surface area (Å²) in [6.07, 6.45) is 1.83. The standard InChI is InChI=1S/C17H18FNOS/c1-2-3-11-19(13-7-5-4-6-8-13)17(20)15-12-14(21)9-10-16(15)18/h4-10,12,21H,2-3,11H2,1H3. The van der Waals surface area contributed by atoms with Gasteiger partial charge in [0.25, 0.3) is 5.91 Å². The molecule has 0 fully saturated rings. The molecule has 0 bridgehead atoms. The molecule has 0 N–H and O–H groups in total. The molecule has 0 radical (unpaired) electrons. The van der Waals surface area contributed by atoms with Crippen LogP contribution < -0.4 is 4.90 Å². The lowest BCUT2D eigenvalue weighted by Gasteiger charge is -2.23. The van der Waals surface area contributed by atoms with E-state index in [1.165, 1.54) is 18.2 Å². The smallest absolute Gasteiger partial charge is 0.261 e. The number of nitrogens with zero attached hydrogens (tertiary/aromatic N) is 1. The van der Waals surface area contributed by atoms with Crippen molar-refractivity contribution in [3.63, 3.8) is 0 Å². The van der Waals surface area contributed by atoms with Gasteiger partial charge in [0.15, 0.2) is 0 Å². The maximum Gasteiger partial charge on any atom is 0.261 e. The van der Waals surface area contributed by atoms with Crippen LogP contribution >= 0.6 is 12.6 Å². The number of anilines is 1. The maximum atomic E-state index is 13.9.